The first kappa shape index (κ1) is 18.4. The molecule has 1 aliphatic rings. The quantitative estimate of drug-likeness (QED) is 0.552. The lowest BCUT2D eigenvalue weighted by Crippen LogP contribution is -2.45. The van der Waals surface area contributed by atoms with Crippen LogP contribution in [0.25, 0.3) is 10.2 Å². The van der Waals surface area contributed by atoms with Gasteiger partial charge in [0.25, 0.3) is 5.91 Å². The highest BCUT2D eigenvalue weighted by Crippen LogP contribution is 2.33. The minimum atomic E-state index is -0.500. The molecule has 0 spiro atoms. The first-order valence-corrected chi connectivity index (χ1v) is 10.8. The fourth-order valence-electron chi connectivity index (χ4n) is 3.47. The molecule has 4 nitrogen and oxygen atoms in total. The van der Waals surface area contributed by atoms with Gasteiger partial charge < -0.3 is 9.64 Å². The summed E-state index contributed by atoms with van der Waals surface area (Å²) in [5, 5.41) is 1.13. The average Bonchev–Trinajstić information content (AvgIpc) is 3.13. The highest BCUT2D eigenvalue weighted by molar-refractivity contribution is 9.10. The molecule has 4 rings (SSSR count). The molecule has 1 fully saturated rings. The molecule has 1 saturated heterocycles. The SMILES string of the molecule is C[C@H](Oc1ccc(Br)cc1)C(=O)N1CCC[C@H](c2nc3ccccc3s2)C1. The zero-order valence-corrected chi connectivity index (χ0v) is 17.5. The predicted molar refractivity (Wildman–Crippen MR) is 112 cm³/mol. The van der Waals surface area contributed by atoms with Crippen LogP contribution in [0, 0.1) is 0 Å². The van der Waals surface area contributed by atoms with E-state index in [4.69, 9.17) is 9.72 Å². The van der Waals surface area contributed by atoms with Crippen LogP contribution in [0.4, 0.5) is 0 Å². The summed E-state index contributed by atoms with van der Waals surface area (Å²) in [4.78, 5) is 19.6. The number of ether oxygens (including phenoxy) is 1. The van der Waals surface area contributed by atoms with E-state index < -0.39 is 6.10 Å². The van der Waals surface area contributed by atoms with Gasteiger partial charge in [-0.3, -0.25) is 4.79 Å². The zero-order chi connectivity index (χ0) is 18.8. The van der Waals surface area contributed by atoms with E-state index in [1.165, 1.54) is 4.70 Å². The molecule has 27 heavy (non-hydrogen) atoms. The number of likely N-dealkylation sites (tertiary alicyclic amines) is 1. The van der Waals surface area contributed by atoms with Crippen LogP contribution in [-0.2, 0) is 4.79 Å². The first-order chi connectivity index (χ1) is 13.1. The Balaban J connectivity index is 1.43. The fraction of sp³-hybridized carbons (Fsp3) is 0.333. The van der Waals surface area contributed by atoms with Gasteiger partial charge in [-0.15, -0.1) is 11.3 Å². The summed E-state index contributed by atoms with van der Waals surface area (Å²) >= 11 is 5.15. The lowest BCUT2D eigenvalue weighted by molar-refractivity contribution is -0.139. The van der Waals surface area contributed by atoms with Crippen molar-refractivity contribution in [2.75, 3.05) is 13.1 Å². The number of rotatable bonds is 4. The lowest BCUT2D eigenvalue weighted by Gasteiger charge is -2.33. The smallest absolute Gasteiger partial charge is 0.263 e. The normalized spacial score (nSPS) is 18.4. The molecule has 0 N–H and O–H groups in total. The second kappa shape index (κ2) is 7.98. The van der Waals surface area contributed by atoms with Crippen LogP contribution in [0.5, 0.6) is 5.75 Å². The van der Waals surface area contributed by atoms with Gasteiger partial charge in [0.2, 0.25) is 0 Å². The van der Waals surface area contributed by atoms with Gasteiger partial charge in [0.15, 0.2) is 6.10 Å². The summed E-state index contributed by atoms with van der Waals surface area (Å²) in [6.45, 7) is 3.33. The number of thiazole rings is 1. The molecule has 140 valence electrons. The number of nitrogens with zero attached hydrogens (tertiary/aromatic N) is 2. The molecule has 0 bridgehead atoms. The molecular weight excluding hydrogens is 424 g/mol. The summed E-state index contributed by atoms with van der Waals surface area (Å²) in [6, 6.07) is 15.8. The van der Waals surface area contributed by atoms with Gasteiger partial charge in [-0.25, -0.2) is 4.98 Å². The predicted octanol–water partition coefficient (Wildman–Crippen LogP) is 5.23. The molecule has 0 aliphatic carbocycles. The summed E-state index contributed by atoms with van der Waals surface area (Å²) in [5.74, 6) is 1.06. The minimum Gasteiger partial charge on any atom is -0.481 e. The molecule has 1 aliphatic heterocycles. The largest absolute Gasteiger partial charge is 0.481 e. The minimum absolute atomic E-state index is 0.0451. The Hall–Kier alpha value is -1.92. The number of halogens is 1. The summed E-state index contributed by atoms with van der Waals surface area (Å²) in [6.07, 6.45) is 1.57. The Morgan fingerprint density at radius 1 is 1.26 bits per heavy atom. The van der Waals surface area contributed by atoms with Gasteiger partial charge in [-0.1, -0.05) is 28.1 Å². The number of piperidine rings is 1. The number of carbonyl (C=O) groups excluding carboxylic acids is 1. The number of benzene rings is 2. The molecule has 1 aromatic heterocycles. The van der Waals surface area contributed by atoms with Crippen molar-refractivity contribution < 1.29 is 9.53 Å². The topological polar surface area (TPSA) is 42.4 Å². The van der Waals surface area contributed by atoms with E-state index in [2.05, 4.69) is 28.1 Å². The van der Waals surface area contributed by atoms with Crippen molar-refractivity contribution in [2.45, 2.75) is 31.8 Å². The number of amides is 1. The van der Waals surface area contributed by atoms with E-state index in [1.54, 1.807) is 11.3 Å². The molecule has 2 heterocycles. The molecule has 1 amide bonds. The Morgan fingerprint density at radius 2 is 2.04 bits per heavy atom. The van der Waals surface area contributed by atoms with Crippen LogP contribution in [0.15, 0.2) is 53.0 Å². The standard InChI is InChI=1S/C21H21BrN2O2S/c1-14(26-17-10-8-16(22)9-11-17)21(25)24-12-4-5-15(13-24)20-23-18-6-2-3-7-19(18)27-20/h2-3,6-11,14-15H,4-5,12-13H2,1H3/t14-,15-/m0/s1. The highest BCUT2D eigenvalue weighted by atomic mass is 79.9. The van der Waals surface area contributed by atoms with Gasteiger partial charge >= 0.3 is 0 Å². The van der Waals surface area contributed by atoms with Crippen molar-refractivity contribution in [1.82, 2.24) is 9.88 Å². The van der Waals surface area contributed by atoms with Crippen molar-refractivity contribution in [1.29, 1.82) is 0 Å². The molecule has 0 radical (unpaired) electrons. The van der Waals surface area contributed by atoms with Gasteiger partial charge in [0.05, 0.1) is 15.2 Å². The van der Waals surface area contributed by atoms with Gasteiger partial charge in [-0.2, -0.15) is 0 Å². The van der Waals surface area contributed by atoms with Crippen molar-refractivity contribution in [3.05, 3.63) is 58.0 Å². The third-order valence-corrected chi connectivity index (χ3v) is 6.59. The monoisotopic (exact) mass is 444 g/mol. The van der Waals surface area contributed by atoms with E-state index in [0.29, 0.717) is 18.2 Å². The number of fused-ring (bicyclic) bond motifs is 1. The molecule has 6 heteroatoms. The van der Waals surface area contributed by atoms with Crippen molar-refractivity contribution in [3.63, 3.8) is 0 Å². The second-order valence-electron chi connectivity index (χ2n) is 6.86. The number of carbonyl (C=O) groups is 1. The molecular formula is C21H21BrN2O2S. The van der Waals surface area contributed by atoms with E-state index in [0.717, 1.165) is 34.4 Å². The summed E-state index contributed by atoms with van der Waals surface area (Å²) < 4.78 is 8.05. The maximum absolute atomic E-state index is 12.9. The zero-order valence-electron chi connectivity index (χ0n) is 15.1. The van der Waals surface area contributed by atoms with Crippen LogP contribution in [0.1, 0.15) is 30.7 Å². The third-order valence-electron chi connectivity index (χ3n) is 4.87. The highest BCUT2D eigenvalue weighted by Gasteiger charge is 2.30. The Bertz CT molecular complexity index is 908. The van der Waals surface area contributed by atoms with Crippen molar-refractivity contribution in [3.8, 4) is 5.75 Å². The van der Waals surface area contributed by atoms with E-state index >= 15 is 0 Å². The van der Waals surface area contributed by atoms with E-state index in [-0.39, 0.29) is 5.91 Å². The third kappa shape index (κ3) is 4.17. The Morgan fingerprint density at radius 3 is 2.81 bits per heavy atom. The first-order valence-electron chi connectivity index (χ1n) is 9.16. The van der Waals surface area contributed by atoms with Crippen molar-refractivity contribution >= 4 is 43.4 Å². The average molecular weight is 445 g/mol. The number of aromatic nitrogens is 1. The maximum Gasteiger partial charge on any atom is 0.263 e. The van der Waals surface area contributed by atoms with Gasteiger partial charge in [0.1, 0.15) is 5.75 Å². The molecule has 0 saturated carbocycles. The Kier molecular flexibility index (Phi) is 5.45. The van der Waals surface area contributed by atoms with Crippen molar-refractivity contribution in [2.24, 2.45) is 0 Å². The number of para-hydroxylation sites is 1. The van der Waals surface area contributed by atoms with Gasteiger partial charge in [0, 0.05) is 23.5 Å². The van der Waals surface area contributed by atoms with Gasteiger partial charge in [-0.05, 0) is 56.2 Å². The molecule has 2 atom stereocenters. The second-order valence-corrected chi connectivity index (χ2v) is 8.84. The number of hydrogen-bond acceptors (Lipinski definition) is 4. The van der Waals surface area contributed by atoms with Crippen LogP contribution < -0.4 is 4.74 Å². The fourth-order valence-corrected chi connectivity index (χ4v) is 4.83. The van der Waals surface area contributed by atoms with Crippen LogP contribution >= 0.6 is 27.3 Å². The van der Waals surface area contributed by atoms with E-state index in [9.17, 15) is 4.79 Å². The van der Waals surface area contributed by atoms with Crippen LogP contribution in [-0.4, -0.2) is 35.0 Å². The number of hydrogen-bond donors (Lipinski definition) is 0. The molecule has 2 aromatic carbocycles. The lowest BCUT2D eigenvalue weighted by atomic mass is 9.98. The summed E-state index contributed by atoms with van der Waals surface area (Å²) in [5.41, 5.74) is 1.05. The molecule has 3 aromatic rings. The van der Waals surface area contributed by atoms with Crippen LogP contribution in [0.2, 0.25) is 0 Å². The Labute approximate surface area is 171 Å². The maximum atomic E-state index is 12.9. The van der Waals surface area contributed by atoms with E-state index in [1.807, 2.05) is 48.2 Å². The molecule has 0 unspecified atom stereocenters. The van der Waals surface area contributed by atoms with Crippen LogP contribution in [0.3, 0.4) is 0 Å². The summed E-state index contributed by atoms with van der Waals surface area (Å²) in [7, 11) is 0.